The summed E-state index contributed by atoms with van der Waals surface area (Å²) in [5.74, 6) is -0.735. The molecule has 1 amide bonds. The van der Waals surface area contributed by atoms with Gasteiger partial charge >= 0.3 is 5.97 Å². The van der Waals surface area contributed by atoms with Gasteiger partial charge in [0.25, 0.3) is 5.91 Å². The molecule has 23 heavy (non-hydrogen) atoms. The third-order valence-corrected chi connectivity index (χ3v) is 5.06. The number of para-hydroxylation sites is 1. The molecule has 2 atom stereocenters. The quantitative estimate of drug-likeness (QED) is 0.789. The molecule has 0 aliphatic carbocycles. The Labute approximate surface area is 143 Å². The number of nitrogens with zero attached hydrogens (tertiary/aromatic N) is 1. The topological polar surface area (TPSA) is 46.6 Å². The number of anilines is 1. The van der Waals surface area contributed by atoms with E-state index in [1.165, 1.54) is 0 Å². The number of esters is 1. The zero-order valence-corrected chi connectivity index (χ0v) is 14.4. The molecule has 1 aliphatic rings. The number of thiophene rings is 1. The second-order valence-electron chi connectivity index (χ2n) is 5.54. The molecular weight excluding hydrogens is 334 g/mol. The molecule has 0 saturated heterocycles. The van der Waals surface area contributed by atoms with Crippen LogP contribution in [-0.4, -0.2) is 24.0 Å². The summed E-state index contributed by atoms with van der Waals surface area (Å²) in [6.45, 7) is 3.59. The largest absolute Gasteiger partial charge is 0.448 e. The van der Waals surface area contributed by atoms with Gasteiger partial charge in [0.05, 0.1) is 4.34 Å². The maximum absolute atomic E-state index is 12.7. The lowest BCUT2D eigenvalue weighted by atomic mass is 10.1. The van der Waals surface area contributed by atoms with Crippen LogP contribution in [0.3, 0.4) is 0 Å². The number of carbonyl (C=O) groups is 2. The monoisotopic (exact) mass is 349 g/mol. The highest BCUT2D eigenvalue weighted by molar-refractivity contribution is 7.17. The summed E-state index contributed by atoms with van der Waals surface area (Å²) in [5, 5.41) is 0. The van der Waals surface area contributed by atoms with Crippen LogP contribution in [0.5, 0.6) is 0 Å². The average Bonchev–Trinajstić information content (AvgIpc) is 3.09. The number of hydrogen-bond donors (Lipinski definition) is 0. The fraction of sp³-hybridized carbons (Fsp3) is 0.294. The van der Waals surface area contributed by atoms with Gasteiger partial charge in [-0.25, -0.2) is 4.79 Å². The number of halogens is 1. The third-order valence-electron chi connectivity index (χ3n) is 3.85. The highest BCUT2D eigenvalue weighted by Crippen LogP contribution is 2.32. The van der Waals surface area contributed by atoms with Gasteiger partial charge in [-0.05, 0) is 44.0 Å². The maximum Gasteiger partial charge on any atom is 0.349 e. The summed E-state index contributed by atoms with van der Waals surface area (Å²) in [4.78, 5) is 26.9. The van der Waals surface area contributed by atoms with Crippen molar-refractivity contribution in [3.63, 3.8) is 0 Å². The molecule has 2 aromatic rings. The predicted molar refractivity (Wildman–Crippen MR) is 91.3 cm³/mol. The van der Waals surface area contributed by atoms with Gasteiger partial charge in [0.1, 0.15) is 4.88 Å². The van der Waals surface area contributed by atoms with E-state index in [1.807, 2.05) is 31.2 Å². The lowest BCUT2D eigenvalue weighted by Gasteiger charge is -2.25. The minimum absolute atomic E-state index is 0.0530. The van der Waals surface area contributed by atoms with Crippen molar-refractivity contribution < 1.29 is 14.3 Å². The Hall–Kier alpha value is -1.85. The normalized spacial score (nSPS) is 17.7. The number of fused-ring (bicyclic) bond motifs is 1. The van der Waals surface area contributed by atoms with Gasteiger partial charge in [-0.3, -0.25) is 4.79 Å². The molecule has 0 spiro atoms. The Morgan fingerprint density at radius 1 is 1.30 bits per heavy atom. The highest BCUT2D eigenvalue weighted by Gasteiger charge is 2.34. The van der Waals surface area contributed by atoms with Crippen LogP contribution >= 0.6 is 22.9 Å². The van der Waals surface area contributed by atoms with E-state index >= 15 is 0 Å². The van der Waals surface area contributed by atoms with Crippen molar-refractivity contribution in [1.82, 2.24) is 0 Å². The molecule has 1 aromatic heterocycles. The molecule has 0 N–H and O–H groups in total. The van der Waals surface area contributed by atoms with Crippen molar-refractivity contribution in [2.24, 2.45) is 0 Å². The molecule has 0 unspecified atom stereocenters. The number of hydrogen-bond acceptors (Lipinski definition) is 4. The van der Waals surface area contributed by atoms with Crippen molar-refractivity contribution in [3.8, 4) is 0 Å². The van der Waals surface area contributed by atoms with Gasteiger partial charge in [0, 0.05) is 11.7 Å². The van der Waals surface area contributed by atoms with Crippen molar-refractivity contribution in [2.45, 2.75) is 32.4 Å². The van der Waals surface area contributed by atoms with Crippen LogP contribution in [0, 0.1) is 0 Å². The predicted octanol–water partition coefficient (Wildman–Crippen LogP) is 3.92. The van der Waals surface area contributed by atoms with Crippen LogP contribution in [0.4, 0.5) is 5.69 Å². The Kier molecular flexibility index (Phi) is 4.41. The van der Waals surface area contributed by atoms with E-state index in [0.29, 0.717) is 9.21 Å². The SMILES string of the molecule is C[C@@H](OC(=O)c1ccc(Cl)s1)C(=O)N1c2ccccc2C[C@@H]1C. The molecule has 0 radical (unpaired) electrons. The molecule has 0 bridgehead atoms. The van der Waals surface area contributed by atoms with E-state index < -0.39 is 12.1 Å². The van der Waals surface area contributed by atoms with E-state index in [0.717, 1.165) is 29.0 Å². The molecule has 1 aromatic carbocycles. The first-order valence-corrected chi connectivity index (χ1v) is 8.54. The molecule has 2 heterocycles. The van der Waals surface area contributed by atoms with Crippen LogP contribution < -0.4 is 4.90 Å². The summed E-state index contributed by atoms with van der Waals surface area (Å²) in [6, 6.07) is 11.1. The van der Waals surface area contributed by atoms with Crippen LogP contribution in [-0.2, 0) is 16.0 Å². The van der Waals surface area contributed by atoms with Crippen molar-refractivity contribution >= 4 is 40.5 Å². The average molecular weight is 350 g/mol. The van der Waals surface area contributed by atoms with Crippen LogP contribution in [0.2, 0.25) is 4.34 Å². The van der Waals surface area contributed by atoms with Gasteiger partial charge < -0.3 is 9.64 Å². The van der Waals surface area contributed by atoms with Crippen LogP contribution in [0.15, 0.2) is 36.4 Å². The van der Waals surface area contributed by atoms with Crippen molar-refractivity contribution in [3.05, 3.63) is 51.2 Å². The molecule has 6 heteroatoms. The second-order valence-corrected chi connectivity index (χ2v) is 7.26. The number of benzene rings is 1. The molecular formula is C17H16ClNO3S. The smallest absolute Gasteiger partial charge is 0.349 e. The molecule has 4 nitrogen and oxygen atoms in total. The first-order valence-electron chi connectivity index (χ1n) is 7.34. The molecule has 120 valence electrons. The van der Waals surface area contributed by atoms with Crippen LogP contribution in [0.1, 0.15) is 29.1 Å². The maximum atomic E-state index is 12.7. The number of carbonyl (C=O) groups excluding carboxylic acids is 2. The minimum Gasteiger partial charge on any atom is -0.448 e. The Balaban J connectivity index is 1.74. The lowest BCUT2D eigenvalue weighted by Crippen LogP contribution is -2.43. The van der Waals surface area contributed by atoms with Gasteiger partial charge in [-0.15, -0.1) is 11.3 Å². The molecule has 0 saturated carbocycles. The fourth-order valence-electron chi connectivity index (χ4n) is 2.79. The number of rotatable bonds is 3. The van der Waals surface area contributed by atoms with Crippen LogP contribution in [0.25, 0.3) is 0 Å². The first kappa shape index (κ1) is 16.0. The van der Waals surface area contributed by atoms with E-state index in [2.05, 4.69) is 0 Å². The lowest BCUT2D eigenvalue weighted by molar-refractivity contribution is -0.126. The van der Waals surface area contributed by atoms with Gasteiger partial charge in [0.15, 0.2) is 6.10 Å². The van der Waals surface area contributed by atoms with E-state index in [4.69, 9.17) is 16.3 Å². The Morgan fingerprint density at radius 2 is 2.04 bits per heavy atom. The van der Waals surface area contributed by atoms with Crippen molar-refractivity contribution in [2.75, 3.05) is 4.90 Å². The highest BCUT2D eigenvalue weighted by atomic mass is 35.5. The fourth-order valence-corrected chi connectivity index (χ4v) is 3.72. The zero-order chi connectivity index (χ0) is 16.6. The van der Waals surface area contributed by atoms with Crippen molar-refractivity contribution in [1.29, 1.82) is 0 Å². The Morgan fingerprint density at radius 3 is 2.74 bits per heavy atom. The van der Waals surface area contributed by atoms with E-state index in [-0.39, 0.29) is 11.9 Å². The standard InChI is InChI=1S/C17H16ClNO3S/c1-10-9-12-5-3-4-6-13(12)19(10)16(20)11(2)22-17(21)14-7-8-15(18)23-14/h3-8,10-11H,9H2,1-2H3/t10-,11+/m0/s1. The summed E-state index contributed by atoms with van der Waals surface area (Å²) in [5.41, 5.74) is 2.03. The molecule has 0 fully saturated rings. The number of amides is 1. The van der Waals surface area contributed by atoms with Gasteiger partial charge in [-0.2, -0.15) is 0 Å². The molecule has 1 aliphatic heterocycles. The summed E-state index contributed by atoms with van der Waals surface area (Å²) in [7, 11) is 0. The summed E-state index contributed by atoms with van der Waals surface area (Å²) in [6.07, 6.45) is -0.0414. The second kappa shape index (κ2) is 6.34. The third kappa shape index (κ3) is 3.12. The molecule has 3 rings (SSSR count). The van der Waals surface area contributed by atoms with Gasteiger partial charge in [0.2, 0.25) is 0 Å². The zero-order valence-electron chi connectivity index (χ0n) is 12.8. The summed E-state index contributed by atoms with van der Waals surface area (Å²) < 4.78 is 5.82. The van der Waals surface area contributed by atoms with Gasteiger partial charge in [-0.1, -0.05) is 29.8 Å². The summed E-state index contributed by atoms with van der Waals surface area (Å²) >= 11 is 6.95. The Bertz CT molecular complexity index is 758. The van der Waals surface area contributed by atoms with E-state index in [1.54, 1.807) is 24.0 Å². The minimum atomic E-state index is -0.850. The number of ether oxygens (including phenoxy) is 1. The first-order chi connectivity index (χ1) is 11.0. The van der Waals surface area contributed by atoms with E-state index in [9.17, 15) is 9.59 Å².